The number of nitrogens with one attached hydrogen (secondary N) is 1. The van der Waals surface area contributed by atoms with E-state index < -0.39 is 22.0 Å². The van der Waals surface area contributed by atoms with Crippen LogP contribution in [0, 0.1) is 11.3 Å². The fourth-order valence-corrected chi connectivity index (χ4v) is 4.78. The predicted octanol–water partition coefficient (Wildman–Crippen LogP) is 3.92. The van der Waals surface area contributed by atoms with Crippen LogP contribution in [-0.2, 0) is 10.0 Å². The van der Waals surface area contributed by atoms with Crippen LogP contribution in [0.15, 0.2) is 44.4 Å². The van der Waals surface area contributed by atoms with E-state index in [0.717, 1.165) is 6.20 Å². The van der Waals surface area contributed by atoms with E-state index in [2.05, 4.69) is 30.8 Å². The molecule has 1 aliphatic carbocycles. The molecule has 1 fully saturated rings. The molecule has 3 aromatic rings. The van der Waals surface area contributed by atoms with Gasteiger partial charge in [0.05, 0.1) is 26.5 Å². The standard InChI is InChI=1S/C17H11BrF2N4O3S/c18-12-6-10(28(25,26)24-17(8-21)3-4-17)5-11-14(23-27-15(11)12)13-2-1-9(7-22-13)16(19)20/h1-2,5-7,16,24H,3-4H2. The first-order valence-electron chi connectivity index (χ1n) is 8.03. The molecular weight excluding hydrogens is 458 g/mol. The van der Waals surface area contributed by atoms with E-state index in [-0.39, 0.29) is 27.4 Å². The zero-order chi connectivity index (χ0) is 20.1. The summed E-state index contributed by atoms with van der Waals surface area (Å²) in [5, 5.41) is 13.4. The highest BCUT2D eigenvalue weighted by Crippen LogP contribution is 2.38. The number of fused-ring (bicyclic) bond motifs is 1. The first kappa shape index (κ1) is 18.9. The van der Waals surface area contributed by atoms with Gasteiger partial charge in [0, 0.05) is 11.8 Å². The molecule has 0 saturated heterocycles. The number of halogens is 3. The number of aromatic nitrogens is 2. The zero-order valence-electron chi connectivity index (χ0n) is 14.0. The van der Waals surface area contributed by atoms with E-state index in [9.17, 15) is 17.2 Å². The van der Waals surface area contributed by atoms with Crippen LogP contribution in [0.1, 0.15) is 24.8 Å². The van der Waals surface area contributed by atoms with Gasteiger partial charge < -0.3 is 4.52 Å². The largest absolute Gasteiger partial charge is 0.354 e. The maximum Gasteiger partial charge on any atom is 0.265 e. The minimum atomic E-state index is -3.97. The fraction of sp³-hybridized carbons (Fsp3) is 0.235. The summed E-state index contributed by atoms with van der Waals surface area (Å²) >= 11 is 3.26. The highest BCUT2D eigenvalue weighted by molar-refractivity contribution is 9.10. The third-order valence-electron chi connectivity index (χ3n) is 4.39. The summed E-state index contributed by atoms with van der Waals surface area (Å²) in [7, 11) is -3.97. The summed E-state index contributed by atoms with van der Waals surface area (Å²) in [6.45, 7) is 0. The monoisotopic (exact) mass is 468 g/mol. The van der Waals surface area contributed by atoms with Gasteiger partial charge in [-0.15, -0.1) is 0 Å². The molecule has 4 rings (SSSR count). The van der Waals surface area contributed by atoms with Crippen molar-refractivity contribution in [1.82, 2.24) is 14.9 Å². The van der Waals surface area contributed by atoms with Crippen molar-refractivity contribution in [3.8, 4) is 17.5 Å². The van der Waals surface area contributed by atoms with Gasteiger partial charge in [-0.1, -0.05) is 5.16 Å². The van der Waals surface area contributed by atoms with Crippen molar-refractivity contribution in [2.75, 3.05) is 0 Å². The quantitative estimate of drug-likeness (QED) is 0.607. The number of rotatable bonds is 5. The molecule has 0 unspecified atom stereocenters. The lowest BCUT2D eigenvalue weighted by Gasteiger charge is -2.10. The molecule has 11 heteroatoms. The highest BCUT2D eigenvalue weighted by Gasteiger charge is 2.46. The average molecular weight is 469 g/mol. The molecule has 0 radical (unpaired) electrons. The van der Waals surface area contributed by atoms with Gasteiger partial charge in [0.25, 0.3) is 6.43 Å². The lowest BCUT2D eigenvalue weighted by Crippen LogP contribution is -2.35. The van der Waals surface area contributed by atoms with Crippen LogP contribution in [0.3, 0.4) is 0 Å². The average Bonchev–Trinajstić information content (AvgIpc) is 3.28. The minimum absolute atomic E-state index is 0.0814. The van der Waals surface area contributed by atoms with Gasteiger partial charge >= 0.3 is 0 Å². The van der Waals surface area contributed by atoms with E-state index in [1.54, 1.807) is 0 Å². The number of sulfonamides is 1. The van der Waals surface area contributed by atoms with Gasteiger partial charge in [-0.2, -0.15) is 9.98 Å². The maximum atomic E-state index is 12.7. The van der Waals surface area contributed by atoms with Gasteiger partial charge in [0.15, 0.2) is 5.58 Å². The van der Waals surface area contributed by atoms with Crippen molar-refractivity contribution in [3.63, 3.8) is 0 Å². The second kappa shape index (κ2) is 6.58. The van der Waals surface area contributed by atoms with Gasteiger partial charge in [-0.05, 0) is 53.0 Å². The molecule has 0 amide bonds. The van der Waals surface area contributed by atoms with Gasteiger partial charge in [-0.25, -0.2) is 17.2 Å². The maximum absolute atomic E-state index is 12.7. The molecule has 0 atom stereocenters. The Balaban J connectivity index is 1.80. The summed E-state index contributed by atoms with van der Waals surface area (Å²) in [5.74, 6) is 0. The molecule has 0 aliphatic heterocycles. The van der Waals surface area contributed by atoms with Crippen LogP contribution in [0.25, 0.3) is 22.4 Å². The van der Waals surface area contributed by atoms with E-state index in [4.69, 9.17) is 9.78 Å². The van der Waals surface area contributed by atoms with Crippen LogP contribution in [0.2, 0.25) is 0 Å². The zero-order valence-corrected chi connectivity index (χ0v) is 16.4. The molecule has 144 valence electrons. The van der Waals surface area contributed by atoms with Crippen molar-refractivity contribution in [3.05, 3.63) is 40.5 Å². The molecule has 1 N–H and O–H groups in total. The van der Waals surface area contributed by atoms with Crippen molar-refractivity contribution >= 4 is 36.9 Å². The van der Waals surface area contributed by atoms with E-state index in [1.165, 1.54) is 24.3 Å². The smallest absolute Gasteiger partial charge is 0.265 e. The lowest BCUT2D eigenvalue weighted by atomic mass is 10.1. The number of hydrogen-bond donors (Lipinski definition) is 1. The third-order valence-corrected chi connectivity index (χ3v) is 6.49. The summed E-state index contributed by atoms with van der Waals surface area (Å²) < 4.78 is 58.9. The lowest BCUT2D eigenvalue weighted by molar-refractivity contribution is 0.151. The molecule has 1 saturated carbocycles. The number of hydrogen-bond acceptors (Lipinski definition) is 6. The molecule has 1 aliphatic rings. The Bertz CT molecular complexity index is 1220. The molecule has 2 aromatic heterocycles. The minimum Gasteiger partial charge on any atom is -0.354 e. The van der Waals surface area contributed by atoms with E-state index >= 15 is 0 Å². The van der Waals surface area contributed by atoms with Gasteiger partial charge in [0.2, 0.25) is 10.0 Å². The normalized spacial score (nSPS) is 15.7. The Hall–Kier alpha value is -2.42. The van der Waals surface area contributed by atoms with Crippen LogP contribution >= 0.6 is 15.9 Å². The summed E-state index contributed by atoms with van der Waals surface area (Å²) in [4.78, 5) is 3.89. The Labute approximate surface area is 166 Å². The molecule has 1 aromatic carbocycles. The number of pyridine rings is 1. The number of benzene rings is 1. The topological polar surface area (TPSA) is 109 Å². The number of alkyl halides is 2. The molecular formula is C17H11BrF2N4O3S. The molecule has 28 heavy (non-hydrogen) atoms. The summed E-state index contributed by atoms with van der Waals surface area (Å²) in [5.41, 5.74) is -0.542. The second-order valence-corrected chi connectivity index (χ2v) is 8.93. The fourth-order valence-electron chi connectivity index (χ4n) is 2.67. The van der Waals surface area contributed by atoms with Crippen molar-refractivity contribution in [2.24, 2.45) is 0 Å². The second-order valence-electron chi connectivity index (χ2n) is 6.39. The van der Waals surface area contributed by atoms with E-state index in [1.807, 2.05) is 6.07 Å². The molecule has 0 spiro atoms. The third kappa shape index (κ3) is 3.28. The van der Waals surface area contributed by atoms with Crippen molar-refractivity contribution in [2.45, 2.75) is 29.7 Å². The van der Waals surface area contributed by atoms with Crippen LogP contribution in [-0.4, -0.2) is 24.1 Å². The Morgan fingerprint density at radius 1 is 1.32 bits per heavy atom. The van der Waals surface area contributed by atoms with Gasteiger partial charge in [-0.3, -0.25) is 4.98 Å². The Kier molecular flexibility index (Phi) is 4.45. The Morgan fingerprint density at radius 3 is 2.64 bits per heavy atom. The van der Waals surface area contributed by atoms with Gasteiger partial charge in [0.1, 0.15) is 11.2 Å². The SMILES string of the molecule is N#CC1(NS(=O)(=O)c2cc(Br)c3onc(-c4ccc(C(F)F)cn4)c3c2)CC1. The molecule has 0 bridgehead atoms. The van der Waals surface area contributed by atoms with Crippen molar-refractivity contribution in [1.29, 1.82) is 5.26 Å². The first-order valence-corrected chi connectivity index (χ1v) is 10.3. The van der Waals surface area contributed by atoms with Crippen molar-refractivity contribution < 1.29 is 21.7 Å². The molecule has 7 nitrogen and oxygen atoms in total. The number of nitrogens with zero attached hydrogens (tertiary/aromatic N) is 3. The van der Waals surface area contributed by atoms with Crippen LogP contribution < -0.4 is 4.72 Å². The number of nitriles is 1. The molecule has 2 heterocycles. The highest BCUT2D eigenvalue weighted by atomic mass is 79.9. The summed E-state index contributed by atoms with van der Waals surface area (Å²) in [6.07, 6.45) is -0.722. The summed E-state index contributed by atoms with van der Waals surface area (Å²) in [6, 6.07) is 7.25. The predicted molar refractivity (Wildman–Crippen MR) is 97.8 cm³/mol. The van der Waals surface area contributed by atoms with E-state index in [0.29, 0.717) is 22.7 Å². The first-order chi connectivity index (χ1) is 13.2. The van der Waals surface area contributed by atoms with Crippen LogP contribution in [0.4, 0.5) is 8.78 Å². The Morgan fingerprint density at radius 2 is 2.07 bits per heavy atom. The van der Waals surface area contributed by atoms with Crippen LogP contribution in [0.5, 0.6) is 0 Å².